The third kappa shape index (κ3) is 3.93. The third-order valence-corrected chi connectivity index (χ3v) is 4.21. The maximum Gasteiger partial charge on any atom is 0.271 e. The van der Waals surface area contributed by atoms with E-state index in [1.807, 2.05) is 72.8 Å². The Hall–Kier alpha value is -3.73. The minimum absolute atomic E-state index is 0.242. The molecular weight excluding hydrogens is 336 g/mol. The van der Waals surface area contributed by atoms with E-state index in [2.05, 4.69) is 20.5 Å². The van der Waals surface area contributed by atoms with E-state index in [0.717, 1.165) is 28.1 Å². The van der Waals surface area contributed by atoms with Gasteiger partial charge in [0.15, 0.2) is 0 Å². The van der Waals surface area contributed by atoms with Crippen molar-refractivity contribution < 1.29 is 4.79 Å². The number of nitrogens with one attached hydrogen (secondary N) is 2. The maximum atomic E-state index is 12.3. The normalized spacial score (nSPS) is 11.5. The lowest BCUT2D eigenvalue weighted by molar-refractivity contribution is 0.0955. The molecule has 0 radical (unpaired) electrons. The summed E-state index contributed by atoms with van der Waals surface area (Å²) >= 11 is 0. The van der Waals surface area contributed by atoms with Crippen LogP contribution in [0.15, 0.2) is 90.0 Å². The first-order valence-corrected chi connectivity index (χ1v) is 8.70. The summed E-state index contributed by atoms with van der Waals surface area (Å²) in [7, 11) is 0. The van der Waals surface area contributed by atoms with E-state index in [1.54, 1.807) is 12.1 Å². The Morgan fingerprint density at radius 2 is 1.48 bits per heavy atom. The average Bonchev–Trinajstić information content (AvgIpc) is 3.14. The molecular formula is C22H18N4O. The molecule has 1 heterocycles. The summed E-state index contributed by atoms with van der Waals surface area (Å²) in [4.78, 5) is 20.3. The van der Waals surface area contributed by atoms with Gasteiger partial charge in [0.25, 0.3) is 5.91 Å². The molecule has 4 rings (SSSR count). The lowest BCUT2D eigenvalue weighted by Crippen LogP contribution is -2.21. The van der Waals surface area contributed by atoms with E-state index in [-0.39, 0.29) is 5.91 Å². The summed E-state index contributed by atoms with van der Waals surface area (Å²) < 4.78 is 0. The quantitative estimate of drug-likeness (QED) is 0.421. The van der Waals surface area contributed by atoms with Gasteiger partial charge in [0.05, 0.1) is 23.2 Å². The molecule has 0 saturated carbocycles. The molecule has 0 saturated heterocycles. The number of carbonyl (C=O) groups excluding carboxylic acids is 1. The fourth-order valence-corrected chi connectivity index (χ4v) is 2.86. The van der Waals surface area contributed by atoms with Gasteiger partial charge in [0.1, 0.15) is 5.82 Å². The number of hydrogen-bond acceptors (Lipinski definition) is 3. The summed E-state index contributed by atoms with van der Waals surface area (Å²) in [6.45, 7) is 0. The van der Waals surface area contributed by atoms with E-state index >= 15 is 0 Å². The van der Waals surface area contributed by atoms with Crippen molar-refractivity contribution in [3.05, 3.63) is 102 Å². The monoisotopic (exact) mass is 354 g/mol. The van der Waals surface area contributed by atoms with Gasteiger partial charge in [-0.25, -0.2) is 10.4 Å². The van der Waals surface area contributed by atoms with E-state index in [4.69, 9.17) is 0 Å². The van der Waals surface area contributed by atoms with Crippen LogP contribution in [0.2, 0.25) is 0 Å². The van der Waals surface area contributed by atoms with E-state index in [1.165, 1.54) is 0 Å². The number of para-hydroxylation sites is 2. The lowest BCUT2D eigenvalue weighted by Gasteiger charge is -2.06. The molecule has 5 heteroatoms. The van der Waals surface area contributed by atoms with E-state index in [9.17, 15) is 4.79 Å². The Balaban J connectivity index is 1.62. The van der Waals surface area contributed by atoms with Gasteiger partial charge in [-0.1, -0.05) is 60.7 Å². The van der Waals surface area contributed by atoms with Crippen molar-refractivity contribution in [1.29, 1.82) is 0 Å². The van der Waals surface area contributed by atoms with Gasteiger partial charge in [0.2, 0.25) is 0 Å². The van der Waals surface area contributed by atoms with Crippen LogP contribution in [-0.2, 0) is 6.42 Å². The Labute approximate surface area is 156 Å². The highest BCUT2D eigenvalue weighted by molar-refractivity contribution is 6.03. The molecule has 0 aliphatic heterocycles. The summed E-state index contributed by atoms with van der Waals surface area (Å²) in [5.41, 5.74) is 6.79. The molecule has 1 aromatic heterocycles. The van der Waals surface area contributed by atoms with E-state index in [0.29, 0.717) is 12.0 Å². The van der Waals surface area contributed by atoms with Crippen LogP contribution in [0.4, 0.5) is 0 Å². The van der Waals surface area contributed by atoms with Crippen molar-refractivity contribution in [2.24, 2.45) is 5.10 Å². The summed E-state index contributed by atoms with van der Waals surface area (Å²) in [5.74, 6) is 0.557. The van der Waals surface area contributed by atoms with Gasteiger partial charge >= 0.3 is 0 Å². The molecule has 0 fully saturated rings. The smallest absolute Gasteiger partial charge is 0.271 e. The molecule has 5 nitrogen and oxygen atoms in total. The van der Waals surface area contributed by atoms with Crippen molar-refractivity contribution in [1.82, 2.24) is 15.4 Å². The topological polar surface area (TPSA) is 70.1 Å². The number of aromatic nitrogens is 2. The van der Waals surface area contributed by atoms with Crippen LogP contribution < -0.4 is 5.43 Å². The number of H-pyrrole nitrogens is 1. The number of carbonyl (C=O) groups is 1. The second-order valence-electron chi connectivity index (χ2n) is 6.11. The number of rotatable bonds is 5. The Bertz CT molecular complexity index is 1050. The maximum absolute atomic E-state index is 12.3. The van der Waals surface area contributed by atoms with Gasteiger partial charge < -0.3 is 4.98 Å². The first-order valence-electron chi connectivity index (χ1n) is 8.70. The number of aromatic amines is 1. The highest BCUT2D eigenvalue weighted by Crippen LogP contribution is 2.13. The number of nitrogens with zero attached hydrogens (tertiary/aromatic N) is 2. The molecule has 0 bridgehead atoms. The zero-order valence-electron chi connectivity index (χ0n) is 14.6. The second-order valence-corrected chi connectivity index (χ2v) is 6.11. The van der Waals surface area contributed by atoms with Crippen LogP contribution in [0.25, 0.3) is 11.0 Å². The molecule has 132 valence electrons. The standard InChI is InChI=1S/C22H18N4O/c27-22(17-11-5-2-6-12-17)26-25-20(16-9-3-1-4-10-16)15-21-23-18-13-7-8-14-19(18)24-21/h1-14H,15H2,(H,23,24)(H,26,27). The predicted molar refractivity (Wildman–Crippen MR) is 107 cm³/mol. The number of hydrogen-bond donors (Lipinski definition) is 2. The number of hydrazone groups is 1. The minimum atomic E-state index is -0.242. The second kappa shape index (κ2) is 7.66. The molecule has 0 unspecified atom stereocenters. The molecule has 0 atom stereocenters. The molecule has 1 amide bonds. The molecule has 0 aliphatic carbocycles. The molecule has 27 heavy (non-hydrogen) atoms. The molecule has 4 aromatic rings. The third-order valence-electron chi connectivity index (χ3n) is 4.21. The van der Waals surface area contributed by atoms with Crippen LogP contribution >= 0.6 is 0 Å². The lowest BCUT2D eigenvalue weighted by atomic mass is 10.1. The highest BCUT2D eigenvalue weighted by Gasteiger charge is 2.11. The van der Waals surface area contributed by atoms with Crippen molar-refractivity contribution in [2.75, 3.05) is 0 Å². The summed E-state index contributed by atoms with van der Waals surface area (Å²) in [5, 5.41) is 4.39. The molecule has 2 N–H and O–H groups in total. The van der Waals surface area contributed by atoms with Crippen LogP contribution in [0, 0.1) is 0 Å². The first kappa shape index (κ1) is 16.7. The molecule has 3 aromatic carbocycles. The SMILES string of the molecule is O=C(NN=C(Cc1nc2ccccc2[nH]1)c1ccccc1)c1ccccc1. The predicted octanol–water partition coefficient (Wildman–Crippen LogP) is 3.94. The van der Waals surface area contributed by atoms with E-state index < -0.39 is 0 Å². The van der Waals surface area contributed by atoms with Crippen molar-refractivity contribution in [3.63, 3.8) is 0 Å². The average molecular weight is 354 g/mol. The number of imidazole rings is 1. The van der Waals surface area contributed by atoms with Crippen molar-refractivity contribution in [3.8, 4) is 0 Å². The van der Waals surface area contributed by atoms with Crippen molar-refractivity contribution >= 4 is 22.7 Å². The number of amides is 1. The fraction of sp³-hybridized carbons (Fsp3) is 0.0455. The van der Waals surface area contributed by atoms with Crippen LogP contribution in [-0.4, -0.2) is 21.6 Å². The first-order chi connectivity index (χ1) is 13.3. The molecule has 0 aliphatic rings. The van der Waals surface area contributed by atoms with Crippen LogP contribution in [0.3, 0.4) is 0 Å². The van der Waals surface area contributed by atoms with Crippen LogP contribution in [0.1, 0.15) is 21.7 Å². The fourth-order valence-electron chi connectivity index (χ4n) is 2.86. The minimum Gasteiger partial charge on any atom is -0.342 e. The summed E-state index contributed by atoms with van der Waals surface area (Å²) in [6.07, 6.45) is 0.480. The van der Waals surface area contributed by atoms with Gasteiger partial charge in [-0.15, -0.1) is 0 Å². The largest absolute Gasteiger partial charge is 0.342 e. The van der Waals surface area contributed by atoms with Gasteiger partial charge in [-0.2, -0.15) is 5.10 Å². The molecule has 0 spiro atoms. The number of benzene rings is 3. The van der Waals surface area contributed by atoms with Crippen molar-refractivity contribution in [2.45, 2.75) is 6.42 Å². The number of fused-ring (bicyclic) bond motifs is 1. The van der Waals surface area contributed by atoms with Gasteiger partial charge in [0, 0.05) is 5.56 Å². The van der Waals surface area contributed by atoms with Gasteiger partial charge in [-0.3, -0.25) is 4.79 Å². The summed E-state index contributed by atoms with van der Waals surface area (Å²) in [6, 6.07) is 26.7. The van der Waals surface area contributed by atoms with Gasteiger partial charge in [-0.05, 0) is 29.8 Å². The Kier molecular flexibility index (Phi) is 4.74. The highest BCUT2D eigenvalue weighted by atomic mass is 16.2. The Morgan fingerprint density at radius 1 is 0.852 bits per heavy atom. The zero-order valence-corrected chi connectivity index (χ0v) is 14.6. The van der Waals surface area contributed by atoms with Crippen LogP contribution in [0.5, 0.6) is 0 Å². The zero-order chi connectivity index (χ0) is 18.5. The Morgan fingerprint density at radius 3 is 2.19 bits per heavy atom.